The molecule has 0 aliphatic rings. The smallest absolute Gasteiger partial charge is 0.423 e. The number of hydrogen-bond donors (Lipinski definition) is 4. The summed E-state index contributed by atoms with van der Waals surface area (Å²) in [5.74, 6) is 0. The van der Waals surface area contributed by atoms with Crippen molar-refractivity contribution in [3.05, 3.63) is 18.7 Å². The van der Waals surface area contributed by atoms with E-state index in [2.05, 4.69) is 9.97 Å². The zero-order chi connectivity index (χ0) is 13.7. The minimum Gasteiger partial charge on any atom is -0.423 e. The van der Waals surface area contributed by atoms with Crippen LogP contribution in [0.2, 0.25) is 0 Å². The van der Waals surface area contributed by atoms with Gasteiger partial charge in [-0.2, -0.15) is 0 Å². The van der Waals surface area contributed by atoms with Crippen molar-refractivity contribution >= 4 is 12.6 Å². The third-order valence-corrected chi connectivity index (χ3v) is 2.38. The minimum absolute atomic E-state index is 0.303. The standard InChI is InChI=1S/C6H14O2.C4H5BN2O2/c1-5(2,7)6(3,4)8;8-5(9)4-1-6-3-7-2-4/h7-8H,1-4H3;1-3,8-9H. The van der Waals surface area contributed by atoms with Gasteiger partial charge in [0.05, 0.1) is 11.2 Å². The van der Waals surface area contributed by atoms with E-state index in [0.29, 0.717) is 5.46 Å². The molecular formula is C10H19BN2O4. The summed E-state index contributed by atoms with van der Waals surface area (Å²) in [5.41, 5.74) is -1.71. The van der Waals surface area contributed by atoms with Crippen LogP contribution in [0.1, 0.15) is 27.7 Å². The first-order valence-electron chi connectivity index (χ1n) is 5.11. The summed E-state index contributed by atoms with van der Waals surface area (Å²) >= 11 is 0. The first kappa shape index (κ1) is 16.0. The van der Waals surface area contributed by atoms with Gasteiger partial charge in [-0.25, -0.2) is 9.97 Å². The van der Waals surface area contributed by atoms with E-state index in [4.69, 9.17) is 20.3 Å². The average molecular weight is 242 g/mol. The Morgan fingerprint density at radius 1 is 0.941 bits per heavy atom. The van der Waals surface area contributed by atoms with Crippen molar-refractivity contribution in [2.75, 3.05) is 0 Å². The SMILES string of the molecule is CC(C)(O)C(C)(C)O.OB(O)c1cncnc1. The summed E-state index contributed by atoms with van der Waals surface area (Å²) < 4.78 is 0. The maximum Gasteiger partial charge on any atom is 0.491 e. The van der Waals surface area contributed by atoms with E-state index in [1.807, 2.05) is 0 Å². The van der Waals surface area contributed by atoms with Gasteiger partial charge in [-0.05, 0) is 27.7 Å². The van der Waals surface area contributed by atoms with Gasteiger partial charge in [0, 0.05) is 17.9 Å². The number of nitrogens with zero attached hydrogens (tertiary/aromatic N) is 2. The summed E-state index contributed by atoms with van der Waals surface area (Å²) in [5, 5.41) is 35.2. The largest absolute Gasteiger partial charge is 0.491 e. The Bertz CT molecular complexity index is 307. The normalized spacial score (nSPS) is 11.5. The number of aliphatic hydroxyl groups is 2. The molecule has 0 saturated carbocycles. The molecule has 4 N–H and O–H groups in total. The molecule has 6 nitrogen and oxygen atoms in total. The summed E-state index contributed by atoms with van der Waals surface area (Å²) in [6.45, 7) is 6.31. The molecule has 1 aromatic rings. The van der Waals surface area contributed by atoms with E-state index in [1.165, 1.54) is 18.7 Å². The number of rotatable bonds is 2. The topological polar surface area (TPSA) is 107 Å². The zero-order valence-electron chi connectivity index (χ0n) is 10.5. The fourth-order valence-electron chi connectivity index (χ4n) is 0.444. The number of aromatic nitrogens is 2. The molecule has 0 aliphatic carbocycles. The molecule has 0 aromatic carbocycles. The lowest BCUT2D eigenvalue weighted by Gasteiger charge is -2.31. The van der Waals surface area contributed by atoms with E-state index in [1.54, 1.807) is 27.7 Å². The Balaban J connectivity index is 0.000000304. The van der Waals surface area contributed by atoms with Crippen LogP contribution >= 0.6 is 0 Å². The molecule has 17 heavy (non-hydrogen) atoms. The monoisotopic (exact) mass is 242 g/mol. The Labute approximate surface area is 101 Å². The predicted octanol–water partition coefficient (Wildman–Crippen LogP) is -1.32. The quantitative estimate of drug-likeness (QED) is 0.479. The predicted molar refractivity (Wildman–Crippen MR) is 64.5 cm³/mol. The highest BCUT2D eigenvalue weighted by Gasteiger charge is 2.31. The molecule has 0 radical (unpaired) electrons. The van der Waals surface area contributed by atoms with Gasteiger partial charge in [-0.1, -0.05) is 0 Å². The molecule has 96 valence electrons. The van der Waals surface area contributed by atoms with Crippen molar-refractivity contribution < 1.29 is 20.3 Å². The molecule has 0 amide bonds. The second kappa shape index (κ2) is 6.06. The average Bonchev–Trinajstić information content (AvgIpc) is 2.17. The third kappa shape index (κ3) is 6.33. The Morgan fingerprint density at radius 2 is 1.29 bits per heavy atom. The van der Waals surface area contributed by atoms with E-state index < -0.39 is 18.3 Å². The van der Waals surface area contributed by atoms with Crippen LogP contribution in [0.4, 0.5) is 0 Å². The van der Waals surface area contributed by atoms with Gasteiger partial charge in [0.15, 0.2) is 0 Å². The van der Waals surface area contributed by atoms with Crippen molar-refractivity contribution in [2.45, 2.75) is 38.9 Å². The molecule has 1 rings (SSSR count). The van der Waals surface area contributed by atoms with Gasteiger partial charge in [0.2, 0.25) is 0 Å². The van der Waals surface area contributed by atoms with Crippen molar-refractivity contribution in [2.24, 2.45) is 0 Å². The van der Waals surface area contributed by atoms with Gasteiger partial charge in [0.1, 0.15) is 6.33 Å². The fraction of sp³-hybridized carbons (Fsp3) is 0.600. The molecule has 0 spiro atoms. The Kier molecular flexibility index (Phi) is 5.70. The van der Waals surface area contributed by atoms with Crippen LogP contribution in [0.15, 0.2) is 18.7 Å². The van der Waals surface area contributed by atoms with E-state index in [9.17, 15) is 0 Å². The van der Waals surface area contributed by atoms with Crippen LogP contribution in [0.5, 0.6) is 0 Å². The molecule has 0 bridgehead atoms. The van der Waals surface area contributed by atoms with Crippen LogP contribution in [0, 0.1) is 0 Å². The van der Waals surface area contributed by atoms with Gasteiger partial charge < -0.3 is 20.3 Å². The summed E-state index contributed by atoms with van der Waals surface area (Å²) in [4.78, 5) is 7.15. The lowest BCUT2D eigenvalue weighted by Crippen LogP contribution is -2.44. The minimum atomic E-state index is -1.47. The first-order chi connectivity index (χ1) is 7.55. The summed E-state index contributed by atoms with van der Waals surface area (Å²) in [6, 6.07) is 0. The second-order valence-corrected chi connectivity index (χ2v) is 4.66. The van der Waals surface area contributed by atoms with Gasteiger partial charge in [0.25, 0.3) is 0 Å². The molecule has 1 heterocycles. The summed E-state index contributed by atoms with van der Waals surface area (Å²) in [6.07, 6.45) is 4.02. The second-order valence-electron chi connectivity index (χ2n) is 4.66. The Morgan fingerprint density at radius 3 is 1.47 bits per heavy atom. The van der Waals surface area contributed by atoms with E-state index in [-0.39, 0.29) is 0 Å². The first-order valence-corrected chi connectivity index (χ1v) is 5.11. The molecule has 1 aromatic heterocycles. The van der Waals surface area contributed by atoms with Gasteiger partial charge in [-0.3, -0.25) is 0 Å². The lowest BCUT2D eigenvalue weighted by molar-refractivity contribution is -0.107. The molecular weight excluding hydrogens is 223 g/mol. The van der Waals surface area contributed by atoms with Gasteiger partial charge >= 0.3 is 7.12 Å². The van der Waals surface area contributed by atoms with Crippen molar-refractivity contribution in [3.8, 4) is 0 Å². The van der Waals surface area contributed by atoms with Crippen LogP contribution < -0.4 is 5.46 Å². The molecule has 7 heteroatoms. The fourth-order valence-corrected chi connectivity index (χ4v) is 0.444. The highest BCUT2D eigenvalue weighted by Crippen LogP contribution is 2.19. The summed E-state index contributed by atoms with van der Waals surface area (Å²) in [7, 11) is -1.47. The third-order valence-electron chi connectivity index (χ3n) is 2.38. The highest BCUT2D eigenvalue weighted by molar-refractivity contribution is 6.58. The van der Waals surface area contributed by atoms with E-state index >= 15 is 0 Å². The maximum absolute atomic E-state index is 9.10. The van der Waals surface area contributed by atoms with Crippen LogP contribution in [0.25, 0.3) is 0 Å². The molecule has 0 unspecified atom stereocenters. The Hall–Kier alpha value is -1.02. The lowest BCUT2D eigenvalue weighted by atomic mass is 9.83. The van der Waals surface area contributed by atoms with E-state index in [0.717, 1.165) is 0 Å². The maximum atomic E-state index is 9.10. The van der Waals surface area contributed by atoms with Gasteiger partial charge in [-0.15, -0.1) is 0 Å². The zero-order valence-corrected chi connectivity index (χ0v) is 10.5. The molecule has 0 aliphatic heterocycles. The molecule has 0 atom stereocenters. The highest BCUT2D eigenvalue weighted by atomic mass is 16.4. The van der Waals surface area contributed by atoms with Crippen molar-refractivity contribution in [1.29, 1.82) is 0 Å². The molecule has 0 fully saturated rings. The molecule has 0 saturated heterocycles. The van der Waals surface area contributed by atoms with Crippen LogP contribution in [-0.4, -0.2) is 48.5 Å². The van der Waals surface area contributed by atoms with Crippen molar-refractivity contribution in [3.63, 3.8) is 0 Å². The van der Waals surface area contributed by atoms with Crippen LogP contribution in [-0.2, 0) is 0 Å². The van der Waals surface area contributed by atoms with Crippen molar-refractivity contribution in [1.82, 2.24) is 9.97 Å². The number of hydrogen-bond acceptors (Lipinski definition) is 6. The van der Waals surface area contributed by atoms with Crippen LogP contribution in [0.3, 0.4) is 0 Å².